The number of fused-ring (bicyclic) bond motifs is 9. The first-order valence-electron chi connectivity index (χ1n) is 27.4. The molecule has 364 valence electrons. The highest BCUT2D eigenvalue weighted by Crippen LogP contribution is 2.62. The average molecular weight is 944 g/mol. The normalized spacial score (nSPS) is 21.9. The van der Waals surface area contributed by atoms with E-state index in [1.54, 1.807) is 0 Å². The molecule has 13 rings (SSSR count). The lowest BCUT2D eigenvalue weighted by atomic mass is 9.33. The molecule has 72 heavy (non-hydrogen) atoms. The SMILES string of the molecule is CC1(C)Cc2ccc(N3c4cc5c(cc4B4c6cc(C(C)(C)C)ccc6N(c6ccc(C(C)(C)C)cc6-c6ccccc6)c6cc(N7c8ccccc8C8(C)CCCCC78C)cc3c64)CC(C)(C)C5)cc2C1. The predicted molar refractivity (Wildman–Crippen MR) is 308 cm³/mol. The Morgan fingerprint density at radius 2 is 1.03 bits per heavy atom. The van der Waals surface area contributed by atoms with E-state index in [0.717, 1.165) is 32.1 Å². The van der Waals surface area contributed by atoms with Crippen molar-refractivity contribution in [3.8, 4) is 11.1 Å². The molecule has 0 amide bonds. The highest BCUT2D eigenvalue weighted by Gasteiger charge is 2.58. The fraction of sp³-hybridized carbons (Fsp3) is 0.382. The molecule has 2 atom stereocenters. The van der Waals surface area contributed by atoms with Gasteiger partial charge in [0, 0.05) is 50.8 Å². The molecule has 0 spiro atoms. The second-order valence-electron chi connectivity index (χ2n) is 27.2. The molecule has 3 aliphatic carbocycles. The van der Waals surface area contributed by atoms with Crippen LogP contribution in [0.1, 0.15) is 148 Å². The molecule has 0 N–H and O–H groups in total. The summed E-state index contributed by atoms with van der Waals surface area (Å²) in [6, 6.07) is 53.7. The van der Waals surface area contributed by atoms with Crippen molar-refractivity contribution in [2.24, 2.45) is 10.8 Å². The van der Waals surface area contributed by atoms with Crippen LogP contribution < -0.4 is 31.1 Å². The van der Waals surface area contributed by atoms with E-state index in [9.17, 15) is 0 Å². The first-order valence-corrected chi connectivity index (χ1v) is 27.4. The van der Waals surface area contributed by atoms with Crippen LogP contribution in [-0.4, -0.2) is 12.3 Å². The molecule has 0 aromatic heterocycles. The topological polar surface area (TPSA) is 9.72 Å². The van der Waals surface area contributed by atoms with Crippen molar-refractivity contribution >= 4 is 68.6 Å². The van der Waals surface area contributed by atoms with Gasteiger partial charge in [-0.15, -0.1) is 0 Å². The van der Waals surface area contributed by atoms with Gasteiger partial charge < -0.3 is 14.7 Å². The summed E-state index contributed by atoms with van der Waals surface area (Å²) in [6.45, 7) is 29.2. The minimum atomic E-state index is -0.110. The molecular formula is C68H74BN3. The van der Waals surface area contributed by atoms with Gasteiger partial charge in [0.1, 0.15) is 0 Å². The number of rotatable bonds is 4. The highest BCUT2D eigenvalue weighted by molar-refractivity contribution is 7.00. The average Bonchev–Trinajstić information content (AvgIpc) is 3.90. The maximum absolute atomic E-state index is 2.83. The zero-order valence-electron chi connectivity index (χ0n) is 45.3. The van der Waals surface area contributed by atoms with Crippen molar-refractivity contribution in [2.75, 3.05) is 14.7 Å². The van der Waals surface area contributed by atoms with Crippen molar-refractivity contribution < 1.29 is 0 Å². The molecule has 0 radical (unpaired) electrons. The van der Waals surface area contributed by atoms with Crippen LogP contribution >= 0.6 is 0 Å². The van der Waals surface area contributed by atoms with Gasteiger partial charge in [0.25, 0.3) is 6.71 Å². The molecule has 1 saturated carbocycles. The standard InChI is InChI=1S/C68H74BN3/c1-63(2,3)48-25-28-56(52(35-48)43-20-14-13-15-21-43)71-58-29-26-49(64(4,5)6)36-55(58)69-54-33-46-41-66(9,10)42-47(46)34-59(54)70(50-27-24-44-39-65(7,8)40-45(44)32-50)60-37-51(38-61(71)62(60)69)72-57-23-17-16-22-53(57)67(11)30-18-19-31-68(67,72)12/h13-17,20-29,32-38H,18-19,30-31,39-42H2,1-12H3. The highest BCUT2D eigenvalue weighted by atomic mass is 15.3. The number of hydrogen-bond acceptors (Lipinski definition) is 3. The van der Waals surface area contributed by atoms with E-state index in [2.05, 4.69) is 231 Å². The van der Waals surface area contributed by atoms with Gasteiger partial charge in [-0.05, 0) is 183 Å². The summed E-state index contributed by atoms with van der Waals surface area (Å²) in [5.74, 6) is 0. The monoisotopic (exact) mass is 944 g/mol. The summed E-state index contributed by atoms with van der Waals surface area (Å²) >= 11 is 0. The van der Waals surface area contributed by atoms with E-state index in [1.165, 1.54) is 131 Å². The van der Waals surface area contributed by atoms with Crippen LogP contribution in [0.15, 0.2) is 133 Å². The number of nitrogens with zero attached hydrogens (tertiary/aromatic N) is 3. The van der Waals surface area contributed by atoms with E-state index in [0.29, 0.717) is 0 Å². The molecule has 3 aliphatic heterocycles. The third-order valence-corrected chi connectivity index (χ3v) is 18.8. The molecule has 2 unspecified atom stereocenters. The van der Waals surface area contributed by atoms with E-state index in [4.69, 9.17) is 0 Å². The van der Waals surface area contributed by atoms with Crippen molar-refractivity contribution in [3.05, 3.63) is 172 Å². The van der Waals surface area contributed by atoms with Gasteiger partial charge in [-0.25, -0.2) is 0 Å². The van der Waals surface area contributed by atoms with E-state index in [-0.39, 0.29) is 39.3 Å². The van der Waals surface area contributed by atoms with Crippen LogP contribution in [0.25, 0.3) is 11.1 Å². The fourth-order valence-electron chi connectivity index (χ4n) is 15.0. The molecule has 1 fully saturated rings. The van der Waals surface area contributed by atoms with Crippen LogP contribution in [0.3, 0.4) is 0 Å². The molecule has 3 heterocycles. The zero-order chi connectivity index (χ0) is 50.1. The van der Waals surface area contributed by atoms with Crippen molar-refractivity contribution in [1.82, 2.24) is 0 Å². The lowest BCUT2D eigenvalue weighted by molar-refractivity contribution is 0.195. The van der Waals surface area contributed by atoms with Gasteiger partial charge in [0.05, 0.1) is 11.2 Å². The largest absolute Gasteiger partial charge is 0.334 e. The molecule has 7 aromatic rings. The fourth-order valence-corrected chi connectivity index (χ4v) is 15.0. The van der Waals surface area contributed by atoms with Gasteiger partial charge >= 0.3 is 0 Å². The maximum Gasteiger partial charge on any atom is 0.252 e. The third kappa shape index (κ3) is 6.75. The van der Waals surface area contributed by atoms with Crippen LogP contribution in [-0.2, 0) is 41.9 Å². The van der Waals surface area contributed by atoms with Gasteiger partial charge in [-0.1, -0.05) is 168 Å². The number of anilines is 8. The summed E-state index contributed by atoms with van der Waals surface area (Å²) in [6.07, 6.45) is 9.26. The lowest BCUT2D eigenvalue weighted by Gasteiger charge is -2.51. The Labute approximate surface area is 431 Å². The summed E-state index contributed by atoms with van der Waals surface area (Å²) in [4.78, 5) is 8.28. The predicted octanol–water partition coefficient (Wildman–Crippen LogP) is 16.0. The van der Waals surface area contributed by atoms with E-state index < -0.39 is 0 Å². The molecule has 7 aromatic carbocycles. The summed E-state index contributed by atoms with van der Waals surface area (Å²) in [5.41, 5.74) is 27.7. The second-order valence-corrected chi connectivity index (χ2v) is 27.2. The summed E-state index contributed by atoms with van der Waals surface area (Å²) in [7, 11) is 0. The zero-order valence-corrected chi connectivity index (χ0v) is 45.3. The molecule has 3 nitrogen and oxygen atoms in total. The van der Waals surface area contributed by atoms with Crippen LogP contribution in [0, 0.1) is 10.8 Å². The van der Waals surface area contributed by atoms with Gasteiger partial charge in [0.15, 0.2) is 0 Å². The summed E-state index contributed by atoms with van der Waals surface area (Å²) < 4.78 is 0. The second kappa shape index (κ2) is 15.3. The van der Waals surface area contributed by atoms with Crippen molar-refractivity contribution in [2.45, 2.75) is 156 Å². The lowest BCUT2D eigenvalue weighted by Crippen LogP contribution is -2.62. The first-order chi connectivity index (χ1) is 34.1. The first kappa shape index (κ1) is 45.8. The van der Waals surface area contributed by atoms with E-state index in [1.807, 2.05) is 0 Å². The maximum atomic E-state index is 2.83. The number of para-hydroxylation sites is 1. The Hall–Kier alpha value is -6.00. The van der Waals surface area contributed by atoms with Gasteiger partial charge in [0.2, 0.25) is 0 Å². The minimum Gasteiger partial charge on any atom is -0.334 e. The number of hydrogen-bond donors (Lipinski definition) is 0. The summed E-state index contributed by atoms with van der Waals surface area (Å²) in [5, 5.41) is 0. The molecular weight excluding hydrogens is 870 g/mol. The Bertz CT molecular complexity index is 3400. The third-order valence-electron chi connectivity index (χ3n) is 18.8. The molecule has 4 heteroatoms. The van der Waals surface area contributed by atoms with Crippen molar-refractivity contribution in [1.29, 1.82) is 0 Å². The Balaban J connectivity index is 1.18. The number of benzene rings is 7. The van der Waals surface area contributed by atoms with Gasteiger partial charge in [-0.2, -0.15) is 0 Å². The van der Waals surface area contributed by atoms with Crippen molar-refractivity contribution in [3.63, 3.8) is 0 Å². The smallest absolute Gasteiger partial charge is 0.252 e. The molecule has 0 bridgehead atoms. The van der Waals surface area contributed by atoms with Crippen LogP contribution in [0.5, 0.6) is 0 Å². The molecule has 6 aliphatic rings. The van der Waals surface area contributed by atoms with Gasteiger partial charge in [-0.3, -0.25) is 0 Å². The van der Waals surface area contributed by atoms with Crippen LogP contribution in [0.2, 0.25) is 0 Å². The van der Waals surface area contributed by atoms with Crippen LogP contribution in [0.4, 0.5) is 45.5 Å². The van der Waals surface area contributed by atoms with E-state index >= 15 is 0 Å². The Kier molecular flexibility index (Phi) is 9.73. The molecule has 0 saturated heterocycles. The Morgan fingerprint density at radius 1 is 0.444 bits per heavy atom. The minimum absolute atomic E-state index is 0.0167. The quantitative estimate of drug-likeness (QED) is 0.163. The Morgan fingerprint density at radius 3 is 1.74 bits per heavy atom.